The molecule has 1 unspecified atom stereocenters. The van der Waals surface area contributed by atoms with Crippen molar-refractivity contribution in [2.24, 2.45) is 0 Å². The van der Waals surface area contributed by atoms with Gasteiger partial charge in [0.25, 0.3) is 0 Å². The van der Waals surface area contributed by atoms with Crippen molar-refractivity contribution in [3.05, 3.63) is 18.2 Å². The highest BCUT2D eigenvalue weighted by atomic mass is 32.2. The van der Waals surface area contributed by atoms with Gasteiger partial charge in [-0.2, -0.15) is 0 Å². The first-order chi connectivity index (χ1) is 9.75. The number of sulfonamides is 1. The standard InChI is InChI=1S/C11H13N3O4S3/c12-7-1-2-9-10(5-7)19-11(13-9)14-21(17,18)8-3-4-20(15,16)6-8/h1-2,5,8H,3-4,6,12H2,(H,13,14). The second-order valence-electron chi connectivity index (χ2n) is 4.92. The first-order valence-corrected chi connectivity index (χ1v) is 10.3. The van der Waals surface area contributed by atoms with Crippen molar-refractivity contribution >= 4 is 52.2 Å². The Morgan fingerprint density at radius 2 is 2.14 bits per heavy atom. The van der Waals surface area contributed by atoms with Gasteiger partial charge in [0.2, 0.25) is 10.0 Å². The summed E-state index contributed by atoms with van der Waals surface area (Å²) < 4.78 is 50.4. The van der Waals surface area contributed by atoms with Crippen molar-refractivity contribution in [3.8, 4) is 0 Å². The van der Waals surface area contributed by atoms with Crippen molar-refractivity contribution in [2.75, 3.05) is 22.0 Å². The molecule has 1 fully saturated rings. The third-order valence-electron chi connectivity index (χ3n) is 3.27. The van der Waals surface area contributed by atoms with E-state index in [1.807, 2.05) is 0 Å². The second-order valence-corrected chi connectivity index (χ2v) is 10.1. The van der Waals surface area contributed by atoms with Crippen LogP contribution in [0.15, 0.2) is 18.2 Å². The van der Waals surface area contributed by atoms with Crippen LogP contribution in [0.25, 0.3) is 10.2 Å². The van der Waals surface area contributed by atoms with E-state index in [0.29, 0.717) is 11.2 Å². The minimum atomic E-state index is -3.75. The molecule has 7 nitrogen and oxygen atoms in total. The van der Waals surface area contributed by atoms with Gasteiger partial charge in [-0.05, 0) is 24.6 Å². The lowest BCUT2D eigenvalue weighted by atomic mass is 10.3. The van der Waals surface area contributed by atoms with E-state index in [1.165, 1.54) is 11.3 Å². The molecule has 114 valence electrons. The Hall–Kier alpha value is -1.39. The highest BCUT2D eigenvalue weighted by molar-refractivity contribution is 7.97. The zero-order valence-corrected chi connectivity index (χ0v) is 13.3. The third kappa shape index (κ3) is 2.97. The number of fused-ring (bicyclic) bond motifs is 1. The fourth-order valence-electron chi connectivity index (χ4n) is 2.20. The molecule has 0 amide bonds. The third-order valence-corrected chi connectivity index (χ3v) is 8.07. The maximum Gasteiger partial charge on any atom is 0.238 e. The Kier molecular flexibility index (Phi) is 3.34. The van der Waals surface area contributed by atoms with Crippen LogP contribution < -0.4 is 10.5 Å². The number of hydrogen-bond donors (Lipinski definition) is 2. The molecule has 1 aliphatic heterocycles. The fraction of sp³-hybridized carbons (Fsp3) is 0.364. The number of nitrogens with two attached hydrogens (primary N) is 1. The van der Waals surface area contributed by atoms with E-state index < -0.39 is 25.1 Å². The summed E-state index contributed by atoms with van der Waals surface area (Å²) in [5.41, 5.74) is 6.88. The van der Waals surface area contributed by atoms with Gasteiger partial charge >= 0.3 is 0 Å². The van der Waals surface area contributed by atoms with Gasteiger partial charge in [-0.1, -0.05) is 11.3 Å². The number of aromatic nitrogens is 1. The van der Waals surface area contributed by atoms with Gasteiger partial charge in [0.05, 0.1) is 27.0 Å². The first-order valence-electron chi connectivity index (χ1n) is 6.13. The Balaban J connectivity index is 1.87. The summed E-state index contributed by atoms with van der Waals surface area (Å²) in [6.07, 6.45) is 0.121. The topological polar surface area (TPSA) is 119 Å². The number of anilines is 2. The molecule has 0 spiro atoms. The van der Waals surface area contributed by atoms with Crippen LogP contribution in [-0.4, -0.2) is 38.6 Å². The molecule has 0 saturated carbocycles. The van der Waals surface area contributed by atoms with Gasteiger partial charge in [0.15, 0.2) is 15.0 Å². The second kappa shape index (κ2) is 4.82. The van der Waals surface area contributed by atoms with E-state index in [1.54, 1.807) is 18.2 Å². The van der Waals surface area contributed by atoms with E-state index in [9.17, 15) is 16.8 Å². The maximum absolute atomic E-state index is 12.2. The molecule has 1 atom stereocenters. The highest BCUT2D eigenvalue weighted by Gasteiger charge is 2.37. The highest BCUT2D eigenvalue weighted by Crippen LogP contribution is 2.29. The van der Waals surface area contributed by atoms with E-state index in [-0.39, 0.29) is 23.1 Å². The van der Waals surface area contributed by atoms with Crippen molar-refractivity contribution in [2.45, 2.75) is 11.7 Å². The van der Waals surface area contributed by atoms with Gasteiger partial charge in [0, 0.05) is 5.69 Å². The zero-order valence-electron chi connectivity index (χ0n) is 10.8. The molecule has 2 aromatic rings. The summed E-state index contributed by atoms with van der Waals surface area (Å²) >= 11 is 1.17. The number of nitrogen functional groups attached to an aromatic ring is 1. The molecule has 3 rings (SSSR count). The summed E-state index contributed by atoms with van der Waals surface area (Å²) in [6, 6.07) is 5.10. The van der Waals surface area contributed by atoms with Crippen molar-refractivity contribution in [1.29, 1.82) is 0 Å². The lowest BCUT2D eigenvalue weighted by Crippen LogP contribution is -2.28. The molecule has 0 aliphatic carbocycles. The minimum Gasteiger partial charge on any atom is -0.399 e. The Morgan fingerprint density at radius 3 is 2.81 bits per heavy atom. The van der Waals surface area contributed by atoms with E-state index in [4.69, 9.17) is 5.73 Å². The number of rotatable bonds is 3. The summed E-state index contributed by atoms with van der Waals surface area (Å²) in [7, 11) is -7.01. The van der Waals surface area contributed by atoms with Crippen molar-refractivity contribution in [1.82, 2.24) is 4.98 Å². The number of nitrogens with one attached hydrogen (secondary N) is 1. The average molecular weight is 347 g/mol. The molecule has 1 aromatic heterocycles. The normalized spacial score (nSPS) is 21.6. The Bertz CT molecular complexity index is 902. The first kappa shape index (κ1) is 14.5. The smallest absolute Gasteiger partial charge is 0.238 e. The van der Waals surface area contributed by atoms with Crippen LogP contribution in [0.3, 0.4) is 0 Å². The molecule has 0 radical (unpaired) electrons. The lowest BCUT2D eigenvalue weighted by molar-refractivity contribution is 0.587. The quantitative estimate of drug-likeness (QED) is 0.793. The van der Waals surface area contributed by atoms with Gasteiger partial charge in [-0.15, -0.1) is 0 Å². The number of hydrogen-bond acceptors (Lipinski definition) is 7. The molecular weight excluding hydrogens is 334 g/mol. The number of sulfone groups is 1. The predicted molar refractivity (Wildman–Crippen MR) is 83.6 cm³/mol. The summed E-state index contributed by atoms with van der Waals surface area (Å²) in [5.74, 6) is -0.421. The molecule has 3 N–H and O–H groups in total. The summed E-state index contributed by atoms with van der Waals surface area (Å²) in [6.45, 7) is 0. The van der Waals surface area contributed by atoms with Crippen molar-refractivity contribution < 1.29 is 16.8 Å². The number of benzene rings is 1. The molecule has 10 heteroatoms. The van der Waals surface area contributed by atoms with Crippen LogP contribution in [0.5, 0.6) is 0 Å². The number of nitrogens with zero attached hydrogens (tertiary/aromatic N) is 1. The molecular formula is C11H13N3O4S3. The monoisotopic (exact) mass is 347 g/mol. The molecule has 1 aliphatic rings. The Morgan fingerprint density at radius 1 is 1.38 bits per heavy atom. The maximum atomic E-state index is 12.2. The van der Waals surface area contributed by atoms with Gasteiger partial charge in [-0.3, -0.25) is 4.72 Å². The van der Waals surface area contributed by atoms with Gasteiger partial charge in [-0.25, -0.2) is 21.8 Å². The molecule has 2 heterocycles. The van der Waals surface area contributed by atoms with Gasteiger partial charge in [0.1, 0.15) is 0 Å². The minimum absolute atomic E-state index is 0.0883. The predicted octanol–water partition coefficient (Wildman–Crippen LogP) is 0.807. The van der Waals surface area contributed by atoms with E-state index >= 15 is 0 Å². The van der Waals surface area contributed by atoms with Crippen LogP contribution in [0.4, 0.5) is 10.8 Å². The van der Waals surface area contributed by atoms with Crippen LogP contribution in [0.1, 0.15) is 6.42 Å². The SMILES string of the molecule is Nc1ccc2nc(NS(=O)(=O)C3CCS(=O)(=O)C3)sc2c1. The Labute approximate surface area is 126 Å². The number of thiazole rings is 1. The molecule has 1 saturated heterocycles. The van der Waals surface area contributed by atoms with Gasteiger partial charge < -0.3 is 5.73 Å². The molecule has 0 bridgehead atoms. The van der Waals surface area contributed by atoms with Crippen LogP contribution in [0, 0.1) is 0 Å². The largest absolute Gasteiger partial charge is 0.399 e. The van der Waals surface area contributed by atoms with E-state index in [2.05, 4.69) is 9.71 Å². The molecule has 21 heavy (non-hydrogen) atoms. The van der Waals surface area contributed by atoms with Crippen LogP contribution in [-0.2, 0) is 19.9 Å². The lowest BCUT2D eigenvalue weighted by Gasteiger charge is -2.09. The summed E-state index contributed by atoms with van der Waals surface area (Å²) in [5, 5.41) is -0.695. The summed E-state index contributed by atoms with van der Waals surface area (Å²) in [4.78, 5) is 4.17. The van der Waals surface area contributed by atoms with Crippen molar-refractivity contribution in [3.63, 3.8) is 0 Å². The van der Waals surface area contributed by atoms with Crippen LogP contribution in [0.2, 0.25) is 0 Å². The molecule has 1 aromatic carbocycles. The van der Waals surface area contributed by atoms with E-state index in [0.717, 1.165) is 4.70 Å². The average Bonchev–Trinajstić information content (AvgIpc) is 2.91. The zero-order chi connectivity index (χ0) is 15.3. The van der Waals surface area contributed by atoms with Crippen LogP contribution >= 0.6 is 11.3 Å². The fourth-order valence-corrected chi connectivity index (χ4v) is 7.39.